The number of carbonyl (C=O) groups is 2. The van der Waals surface area contributed by atoms with E-state index < -0.39 is 17.7 Å². The van der Waals surface area contributed by atoms with Crippen LogP contribution in [-0.2, 0) is 9.59 Å². The Morgan fingerprint density at radius 1 is 0.944 bits per heavy atom. The van der Waals surface area contributed by atoms with Crippen molar-refractivity contribution in [3.05, 3.63) is 95.1 Å². The molecule has 1 aliphatic heterocycles. The minimum atomic E-state index is -0.803. The summed E-state index contributed by atoms with van der Waals surface area (Å²) in [5.41, 5.74) is 2.74. The summed E-state index contributed by atoms with van der Waals surface area (Å²) < 4.78 is 11.4. The molecule has 0 aliphatic carbocycles. The van der Waals surface area contributed by atoms with Gasteiger partial charge in [0.05, 0.1) is 24.8 Å². The molecule has 1 fully saturated rings. The number of aliphatic hydroxyl groups is 1. The summed E-state index contributed by atoms with van der Waals surface area (Å²) in [7, 11) is 0. The zero-order valence-corrected chi connectivity index (χ0v) is 21.0. The molecule has 0 aromatic heterocycles. The fraction of sp³-hybridized carbons (Fsp3) is 0.267. The van der Waals surface area contributed by atoms with Gasteiger partial charge in [0.1, 0.15) is 17.3 Å². The molecular formula is C30H31NO5. The van der Waals surface area contributed by atoms with Crippen molar-refractivity contribution in [2.24, 2.45) is 5.92 Å². The van der Waals surface area contributed by atoms with Crippen molar-refractivity contribution in [1.29, 1.82) is 0 Å². The summed E-state index contributed by atoms with van der Waals surface area (Å²) in [5, 5.41) is 11.3. The second kappa shape index (κ2) is 10.7. The molecule has 0 bridgehead atoms. The number of ketones is 1. The van der Waals surface area contributed by atoms with Crippen molar-refractivity contribution in [3.63, 3.8) is 0 Å². The van der Waals surface area contributed by atoms with E-state index >= 15 is 0 Å². The highest BCUT2D eigenvalue weighted by Crippen LogP contribution is 2.42. The third-order valence-corrected chi connectivity index (χ3v) is 5.95. The summed E-state index contributed by atoms with van der Waals surface area (Å²) in [4.78, 5) is 28.1. The first-order valence-electron chi connectivity index (χ1n) is 12.1. The maximum absolute atomic E-state index is 13.3. The fourth-order valence-electron chi connectivity index (χ4n) is 4.18. The topological polar surface area (TPSA) is 76.1 Å². The van der Waals surface area contributed by atoms with Crippen LogP contribution in [0.1, 0.15) is 43.5 Å². The van der Waals surface area contributed by atoms with E-state index in [9.17, 15) is 14.7 Å². The predicted octanol–water partition coefficient (Wildman–Crippen LogP) is 6.05. The third kappa shape index (κ3) is 5.13. The molecule has 1 N–H and O–H groups in total. The quantitative estimate of drug-likeness (QED) is 0.239. The van der Waals surface area contributed by atoms with E-state index in [1.807, 2.05) is 62.4 Å². The van der Waals surface area contributed by atoms with Gasteiger partial charge in [-0.15, -0.1) is 0 Å². The number of nitrogens with zero attached hydrogens (tertiary/aromatic N) is 1. The van der Waals surface area contributed by atoms with E-state index in [1.165, 1.54) is 4.90 Å². The Kier molecular flexibility index (Phi) is 7.44. The zero-order valence-electron chi connectivity index (χ0n) is 21.0. The van der Waals surface area contributed by atoms with Gasteiger partial charge in [0.25, 0.3) is 11.7 Å². The maximum atomic E-state index is 13.3. The Hall–Kier alpha value is -4.06. The minimum Gasteiger partial charge on any atom is -0.507 e. The highest BCUT2D eigenvalue weighted by molar-refractivity contribution is 6.51. The highest BCUT2D eigenvalue weighted by atomic mass is 16.5. The number of rotatable bonds is 8. The van der Waals surface area contributed by atoms with Crippen molar-refractivity contribution in [2.75, 3.05) is 18.1 Å². The normalized spacial score (nSPS) is 17.0. The Balaban J connectivity index is 1.84. The second-order valence-electron chi connectivity index (χ2n) is 9.24. The van der Waals surface area contributed by atoms with Gasteiger partial charge in [-0.3, -0.25) is 14.5 Å². The zero-order chi connectivity index (χ0) is 25.8. The standard InChI is InChI=1S/C30H31NO5/c1-5-35-25-8-6-7-22(17-25)28(32)26-27(21-11-15-24(16-12-21)36-18-19(2)3)31(30(34)29(26)33)23-13-9-20(4)10-14-23/h6-17,19,27,32H,5,18H2,1-4H3/b28-26-. The number of benzene rings is 3. The number of amides is 1. The van der Waals surface area contributed by atoms with Gasteiger partial charge < -0.3 is 14.6 Å². The molecule has 0 saturated carbocycles. The van der Waals surface area contributed by atoms with Crippen molar-refractivity contribution in [3.8, 4) is 11.5 Å². The number of hydrogen-bond acceptors (Lipinski definition) is 5. The monoisotopic (exact) mass is 485 g/mol. The largest absolute Gasteiger partial charge is 0.507 e. The van der Waals surface area contributed by atoms with E-state index in [0.29, 0.717) is 47.4 Å². The van der Waals surface area contributed by atoms with Gasteiger partial charge in [-0.2, -0.15) is 0 Å². The first-order valence-corrected chi connectivity index (χ1v) is 12.1. The molecule has 1 aliphatic rings. The molecule has 1 amide bonds. The number of aryl methyl sites for hydroxylation is 1. The van der Waals surface area contributed by atoms with Gasteiger partial charge in [-0.25, -0.2) is 0 Å². The van der Waals surface area contributed by atoms with Crippen molar-refractivity contribution >= 4 is 23.1 Å². The molecular weight excluding hydrogens is 454 g/mol. The third-order valence-electron chi connectivity index (χ3n) is 5.95. The lowest BCUT2D eigenvalue weighted by Gasteiger charge is -2.26. The lowest BCUT2D eigenvalue weighted by molar-refractivity contribution is -0.132. The van der Waals surface area contributed by atoms with Gasteiger partial charge >= 0.3 is 0 Å². The molecule has 3 aromatic carbocycles. The average molecular weight is 486 g/mol. The van der Waals surface area contributed by atoms with Gasteiger partial charge in [0.15, 0.2) is 0 Å². The summed E-state index contributed by atoms with van der Waals surface area (Å²) in [6, 6.07) is 20.8. The van der Waals surface area contributed by atoms with Gasteiger partial charge in [0.2, 0.25) is 0 Å². The summed E-state index contributed by atoms with van der Waals surface area (Å²) in [6.45, 7) is 9.02. The molecule has 186 valence electrons. The van der Waals surface area contributed by atoms with Crippen molar-refractivity contribution in [2.45, 2.75) is 33.7 Å². The van der Waals surface area contributed by atoms with Gasteiger partial charge in [-0.05, 0) is 61.7 Å². The molecule has 1 atom stereocenters. The van der Waals surface area contributed by atoms with Crippen LogP contribution >= 0.6 is 0 Å². The summed E-state index contributed by atoms with van der Waals surface area (Å²) >= 11 is 0. The molecule has 1 unspecified atom stereocenters. The van der Waals surface area contributed by atoms with Crippen LogP contribution in [0.3, 0.4) is 0 Å². The molecule has 6 heteroatoms. The maximum Gasteiger partial charge on any atom is 0.300 e. The van der Waals surface area contributed by atoms with E-state index in [-0.39, 0.29) is 11.3 Å². The average Bonchev–Trinajstić information content (AvgIpc) is 3.14. The smallest absolute Gasteiger partial charge is 0.300 e. The second-order valence-corrected chi connectivity index (χ2v) is 9.24. The van der Waals surface area contributed by atoms with Crippen molar-refractivity contribution < 1.29 is 24.2 Å². The SMILES string of the molecule is CCOc1cccc(/C(O)=C2/C(=O)C(=O)N(c3ccc(C)cc3)C2c2ccc(OCC(C)C)cc2)c1. The summed E-state index contributed by atoms with van der Waals surface area (Å²) in [5.74, 6) is -0.0199. The van der Waals surface area contributed by atoms with Crippen LogP contribution in [0, 0.1) is 12.8 Å². The summed E-state index contributed by atoms with van der Waals surface area (Å²) in [6.07, 6.45) is 0. The number of Topliss-reactive ketones (excluding diaryl/α,β-unsaturated/α-hetero) is 1. The number of hydrogen-bond donors (Lipinski definition) is 1. The van der Waals surface area contributed by atoms with Gasteiger partial charge in [0, 0.05) is 11.3 Å². The molecule has 6 nitrogen and oxygen atoms in total. The molecule has 4 rings (SSSR count). The van der Waals surface area contributed by atoms with Crippen LogP contribution in [0.5, 0.6) is 11.5 Å². The molecule has 0 spiro atoms. The number of carbonyl (C=O) groups excluding carboxylic acids is 2. The predicted molar refractivity (Wildman–Crippen MR) is 140 cm³/mol. The highest BCUT2D eigenvalue weighted by Gasteiger charge is 2.47. The van der Waals surface area contributed by atoms with Crippen LogP contribution < -0.4 is 14.4 Å². The van der Waals surface area contributed by atoms with E-state index in [4.69, 9.17) is 9.47 Å². The molecule has 3 aromatic rings. The molecule has 0 radical (unpaired) electrons. The fourth-order valence-corrected chi connectivity index (χ4v) is 4.18. The molecule has 36 heavy (non-hydrogen) atoms. The van der Waals surface area contributed by atoms with Crippen LogP contribution in [0.4, 0.5) is 5.69 Å². The molecule has 1 heterocycles. The van der Waals surface area contributed by atoms with Crippen LogP contribution in [0.2, 0.25) is 0 Å². The first kappa shape index (κ1) is 25.0. The van der Waals surface area contributed by atoms with Crippen LogP contribution in [-0.4, -0.2) is 30.0 Å². The first-order chi connectivity index (χ1) is 17.3. The van der Waals surface area contributed by atoms with E-state index in [2.05, 4.69) is 13.8 Å². The Labute approximate surface area is 211 Å². The lowest BCUT2D eigenvalue weighted by Crippen LogP contribution is -2.29. The Morgan fingerprint density at radius 3 is 2.28 bits per heavy atom. The van der Waals surface area contributed by atoms with Crippen LogP contribution in [0.25, 0.3) is 5.76 Å². The van der Waals surface area contributed by atoms with E-state index in [0.717, 1.165) is 5.56 Å². The minimum absolute atomic E-state index is 0.0325. The van der Waals surface area contributed by atoms with Gasteiger partial charge in [-0.1, -0.05) is 55.8 Å². The van der Waals surface area contributed by atoms with Crippen molar-refractivity contribution in [1.82, 2.24) is 0 Å². The van der Waals surface area contributed by atoms with Crippen LogP contribution in [0.15, 0.2) is 78.4 Å². The number of ether oxygens (including phenoxy) is 2. The molecule has 1 saturated heterocycles. The Bertz CT molecular complexity index is 1280. The number of aliphatic hydroxyl groups excluding tert-OH is 1. The van der Waals surface area contributed by atoms with E-state index in [1.54, 1.807) is 24.3 Å². The number of anilines is 1. The Morgan fingerprint density at radius 2 is 1.64 bits per heavy atom. The lowest BCUT2D eigenvalue weighted by atomic mass is 9.95.